The Hall–Kier alpha value is -1.64. The second kappa shape index (κ2) is 8.46. The molecule has 7 nitrogen and oxygen atoms in total. The SMILES string of the molecule is COCCS(=O)(=O)N1CCCC(C(=O)Nc2ccccc2OC)C1. The van der Waals surface area contributed by atoms with Crippen molar-refractivity contribution in [1.82, 2.24) is 4.31 Å². The van der Waals surface area contributed by atoms with E-state index < -0.39 is 10.0 Å². The third-order valence-corrected chi connectivity index (χ3v) is 5.86. The largest absolute Gasteiger partial charge is 0.495 e. The molecule has 0 bridgehead atoms. The maximum absolute atomic E-state index is 12.5. The first kappa shape index (κ1) is 18.7. The van der Waals surface area contributed by atoms with Crippen LogP contribution in [0.3, 0.4) is 0 Å². The van der Waals surface area contributed by atoms with Crippen LogP contribution in [-0.2, 0) is 19.6 Å². The molecule has 0 saturated carbocycles. The van der Waals surface area contributed by atoms with Gasteiger partial charge in [-0.15, -0.1) is 0 Å². The van der Waals surface area contributed by atoms with Crippen LogP contribution < -0.4 is 10.1 Å². The zero-order chi connectivity index (χ0) is 17.6. The molecule has 1 amide bonds. The van der Waals surface area contributed by atoms with Crippen molar-refractivity contribution in [2.75, 3.05) is 45.0 Å². The molecule has 1 atom stereocenters. The normalized spacial score (nSPS) is 19.0. The van der Waals surface area contributed by atoms with Crippen LogP contribution in [0.2, 0.25) is 0 Å². The number of rotatable bonds is 7. The Morgan fingerprint density at radius 2 is 2.08 bits per heavy atom. The standard InChI is InChI=1S/C16H24N2O5S/c1-22-10-11-24(20,21)18-9-5-6-13(12-18)16(19)17-14-7-3-4-8-15(14)23-2/h3-4,7-8,13H,5-6,9-12H2,1-2H3,(H,17,19). The molecule has 1 N–H and O–H groups in total. The summed E-state index contributed by atoms with van der Waals surface area (Å²) in [5, 5.41) is 2.84. The summed E-state index contributed by atoms with van der Waals surface area (Å²) in [6.07, 6.45) is 1.33. The maximum atomic E-state index is 12.5. The van der Waals surface area contributed by atoms with E-state index >= 15 is 0 Å². The fourth-order valence-electron chi connectivity index (χ4n) is 2.71. The van der Waals surface area contributed by atoms with Crippen molar-refractivity contribution in [1.29, 1.82) is 0 Å². The molecule has 1 saturated heterocycles. The van der Waals surface area contributed by atoms with Gasteiger partial charge in [0.15, 0.2) is 0 Å². The lowest BCUT2D eigenvalue weighted by atomic mass is 9.98. The predicted octanol–water partition coefficient (Wildman–Crippen LogP) is 1.32. The molecule has 1 unspecified atom stereocenters. The molecule has 8 heteroatoms. The predicted molar refractivity (Wildman–Crippen MR) is 91.6 cm³/mol. The van der Waals surface area contributed by atoms with E-state index in [0.717, 1.165) is 0 Å². The van der Waals surface area contributed by atoms with E-state index in [2.05, 4.69) is 5.32 Å². The Morgan fingerprint density at radius 3 is 2.79 bits per heavy atom. The van der Waals surface area contributed by atoms with Gasteiger partial charge in [-0.3, -0.25) is 4.79 Å². The summed E-state index contributed by atoms with van der Waals surface area (Å²) < 4.78 is 36.0. The third kappa shape index (κ3) is 4.68. The average molecular weight is 356 g/mol. The number of nitrogens with one attached hydrogen (secondary N) is 1. The fourth-order valence-corrected chi connectivity index (χ4v) is 4.16. The van der Waals surface area contributed by atoms with Crippen molar-refractivity contribution in [3.8, 4) is 5.75 Å². The lowest BCUT2D eigenvalue weighted by Gasteiger charge is -2.31. The van der Waals surface area contributed by atoms with Crippen LogP contribution in [0.25, 0.3) is 0 Å². The molecular formula is C16H24N2O5S. The number of ether oxygens (including phenoxy) is 2. The average Bonchev–Trinajstić information content (AvgIpc) is 2.60. The van der Waals surface area contributed by atoms with Crippen molar-refractivity contribution in [3.05, 3.63) is 24.3 Å². The van der Waals surface area contributed by atoms with Crippen molar-refractivity contribution < 1.29 is 22.7 Å². The van der Waals surface area contributed by atoms with Gasteiger partial charge < -0.3 is 14.8 Å². The second-order valence-electron chi connectivity index (χ2n) is 5.70. The second-order valence-corrected chi connectivity index (χ2v) is 7.78. The number of anilines is 1. The minimum atomic E-state index is -3.39. The van der Waals surface area contributed by atoms with E-state index in [1.165, 1.54) is 18.5 Å². The molecule has 134 valence electrons. The first-order valence-electron chi connectivity index (χ1n) is 7.88. The number of hydrogen-bond donors (Lipinski definition) is 1. The molecule has 1 aliphatic heterocycles. The van der Waals surface area contributed by atoms with Crippen molar-refractivity contribution in [3.63, 3.8) is 0 Å². The number of nitrogens with zero attached hydrogens (tertiary/aromatic N) is 1. The van der Waals surface area contributed by atoms with Gasteiger partial charge in [-0.1, -0.05) is 12.1 Å². The minimum absolute atomic E-state index is 0.0651. The molecule has 0 radical (unpaired) electrons. The van der Waals surface area contributed by atoms with E-state index in [4.69, 9.17) is 9.47 Å². The van der Waals surface area contributed by atoms with Gasteiger partial charge in [-0.2, -0.15) is 0 Å². The molecule has 1 heterocycles. The lowest BCUT2D eigenvalue weighted by Crippen LogP contribution is -2.45. The van der Waals surface area contributed by atoms with Crippen LogP contribution in [0.5, 0.6) is 5.75 Å². The molecule has 24 heavy (non-hydrogen) atoms. The third-order valence-electron chi connectivity index (χ3n) is 4.06. The lowest BCUT2D eigenvalue weighted by molar-refractivity contribution is -0.120. The number of methoxy groups -OCH3 is 2. The van der Waals surface area contributed by atoms with Gasteiger partial charge in [0.05, 0.1) is 31.1 Å². The highest BCUT2D eigenvalue weighted by Crippen LogP contribution is 2.26. The van der Waals surface area contributed by atoms with E-state index in [1.807, 2.05) is 6.07 Å². The van der Waals surface area contributed by atoms with Crippen molar-refractivity contribution in [2.45, 2.75) is 12.8 Å². The van der Waals surface area contributed by atoms with Crippen LogP contribution in [-0.4, -0.2) is 58.3 Å². The molecular weight excluding hydrogens is 332 g/mol. The summed E-state index contributed by atoms with van der Waals surface area (Å²) in [7, 11) is -0.389. The summed E-state index contributed by atoms with van der Waals surface area (Å²) >= 11 is 0. The molecule has 1 aromatic carbocycles. The molecule has 0 aliphatic carbocycles. The zero-order valence-electron chi connectivity index (χ0n) is 14.0. The fraction of sp³-hybridized carbons (Fsp3) is 0.562. The quantitative estimate of drug-likeness (QED) is 0.796. The van der Waals surface area contributed by atoms with Crippen LogP contribution in [0.15, 0.2) is 24.3 Å². The highest BCUT2D eigenvalue weighted by Gasteiger charge is 2.32. The van der Waals surface area contributed by atoms with Crippen molar-refractivity contribution >= 4 is 21.6 Å². The van der Waals surface area contributed by atoms with E-state index in [-0.39, 0.29) is 30.7 Å². The van der Waals surface area contributed by atoms with E-state index in [1.54, 1.807) is 18.2 Å². The van der Waals surface area contributed by atoms with Gasteiger partial charge in [0.1, 0.15) is 5.75 Å². The number of benzene rings is 1. The summed E-state index contributed by atoms with van der Waals surface area (Å²) in [6.45, 7) is 0.800. The topological polar surface area (TPSA) is 84.9 Å². The summed E-state index contributed by atoms with van der Waals surface area (Å²) in [6, 6.07) is 7.14. The van der Waals surface area contributed by atoms with Crippen LogP contribution >= 0.6 is 0 Å². The van der Waals surface area contributed by atoms with Crippen molar-refractivity contribution in [2.24, 2.45) is 5.92 Å². The Labute approximate surface area is 143 Å². The number of carbonyl (C=O) groups excluding carboxylic acids is 1. The number of piperidine rings is 1. The number of para-hydroxylation sites is 2. The molecule has 2 rings (SSSR count). The van der Waals surface area contributed by atoms with Crippen LogP contribution in [0, 0.1) is 5.92 Å². The Bertz CT molecular complexity index is 662. The molecule has 0 aromatic heterocycles. The molecule has 0 spiro atoms. The molecule has 1 aliphatic rings. The number of sulfonamides is 1. The summed E-state index contributed by atoms with van der Waals surface area (Å²) in [5.41, 5.74) is 0.587. The number of hydrogen-bond acceptors (Lipinski definition) is 5. The first-order valence-corrected chi connectivity index (χ1v) is 9.49. The monoisotopic (exact) mass is 356 g/mol. The van der Waals surface area contributed by atoms with Crippen LogP contribution in [0.1, 0.15) is 12.8 Å². The van der Waals surface area contributed by atoms with E-state index in [9.17, 15) is 13.2 Å². The zero-order valence-corrected chi connectivity index (χ0v) is 14.8. The Balaban J connectivity index is 2.02. The summed E-state index contributed by atoms with van der Waals surface area (Å²) in [5.74, 6) is -0.0528. The smallest absolute Gasteiger partial charge is 0.228 e. The highest BCUT2D eigenvalue weighted by atomic mass is 32.2. The Morgan fingerprint density at radius 1 is 1.33 bits per heavy atom. The highest BCUT2D eigenvalue weighted by molar-refractivity contribution is 7.89. The number of carbonyl (C=O) groups is 1. The van der Waals surface area contributed by atoms with Gasteiger partial charge in [0.2, 0.25) is 15.9 Å². The summed E-state index contributed by atoms with van der Waals surface area (Å²) in [4.78, 5) is 12.5. The molecule has 1 aromatic rings. The van der Waals surface area contributed by atoms with Gasteiger partial charge in [0.25, 0.3) is 0 Å². The first-order chi connectivity index (χ1) is 11.5. The van der Waals surface area contributed by atoms with Crippen LogP contribution in [0.4, 0.5) is 5.69 Å². The Kier molecular flexibility index (Phi) is 6.59. The molecule has 1 fully saturated rings. The van der Waals surface area contributed by atoms with Gasteiger partial charge >= 0.3 is 0 Å². The number of amides is 1. The minimum Gasteiger partial charge on any atom is -0.495 e. The maximum Gasteiger partial charge on any atom is 0.228 e. The van der Waals surface area contributed by atoms with E-state index in [0.29, 0.717) is 30.8 Å². The van der Waals surface area contributed by atoms with Gasteiger partial charge in [-0.25, -0.2) is 12.7 Å². The van der Waals surface area contributed by atoms with Gasteiger partial charge in [-0.05, 0) is 25.0 Å². The van der Waals surface area contributed by atoms with Gasteiger partial charge in [0, 0.05) is 20.2 Å².